The molecule has 24 heavy (non-hydrogen) atoms. The molecule has 1 N–H and O–H groups in total. The summed E-state index contributed by atoms with van der Waals surface area (Å²) in [6.45, 7) is 4.64. The fourth-order valence-corrected chi connectivity index (χ4v) is 3.04. The molecule has 1 fully saturated rings. The van der Waals surface area contributed by atoms with Crippen molar-refractivity contribution in [2.45, 2.75) is 13.5 Å². The molecule has 0 saturated carbocycles. The van der Waals surface area contributed by atoms with E-state index < -0.39 is 0 Å². The smallest absolute Gasteiger partial charge is 0.317 e. The molecular weight excluding hydrogens is 353 g/mol. The van der Waals surface area contributed by atoms with Crippen molar-refractivity contribution in [2.75, 3.05) is 31.1 Å². The molecule has 3 rings (SSSR count). The standard InChI is InChI=1S/C15H17Cl2N5O2/c1-10-6-12(24-20-10)9-19-15(23)22-4-2-21(3-5-22)14-13(17)7-11(16)8-18-14/h6-8H,2-5,9H2,1H3,(H,19,23). The van der Waals surface area contributed by atoms with Crippen LogP contribution in [0.5, 0.6) is 0 Å². The van der Waals surface area contributed by atoms with Crippen LogP contribution in [0.2, 0.25) is 10.0 Å². The number of nitrogens with zero attached hydrogens (tertiary/aromatic N) is 4. The molecule has 0 aromatic carbocycles. The van der Waals surface area contributed by atoms with Crippen LogP contribution in [0, 0.1) is 6.92 Å². The van der Waals surface area contributed by atoms with E-state index in [0.29, 0.717) is 54.3 Å². The quantitative estimate of drug-likeness (QED) is 0.899. The van der Waals surface area contributed by atoms with Crippen LogP contribution in [-0.2, 0) is 6.54 Å². The second-order valence-corrected chi connectivity index (χ2v) is 6.37. The third kappa shape index (κ3) is 3.91. The molecule has 3 heterocycles. The minimum Gasteiger partial charge on any atom is -0.359 e. The second kappa shape index (κ2) is 7.27. The molecule has 2 aromatic heterocycles. The highest BCUT2D eigenvalue weighted by molar-refractivity contribution is 6.36. The minimum absolute atomic E-state index is 0.126. The lowest BCUT2D eigenvalue weighted by molar-refractivity contribution is 0.192. The Morgan fingerprint density at radius 2 is 2.04 bits per heavy atom. The largest absolute Gasteiger partial charge is 0.359 e. The van der Waals surface area contributed by atoms with Gasteiger partial charge in [-0.05, 0) is 13.0 Å². The Morgan fingerprint density at radius 1 is 1.29 bits per heavy atom. The van der Waals surface area contributed by atoms with Crippen LogP contribution in [0.3, 0.4) is 0 Å². The van der Waals surface area contributed by atoms with E-state index in [0.717, 1.165) is 5.69 Å². The lowest BCUT2D eigenvalue weighted by atomic mass is 10.3. The topological polar surface area (TPSA) is 74.5 Å². The van der Waals surface area contributed by atoms with Gasteiger partial charge in [0.1, 0.15) is 5.82 Å². The van der Waals surface area contributed by atoms with Crippen molar-refractivity contribution in [3.63, 3.8) is 0 Å². The number of carbonyl (C=O) groups is 1. The number of amides is 2. The maximum atomic E-state index is 12.2. The number of rotatable bonds is 3. The fraction of sp³-hybridized carbons (Fsp3) is 0.400. The van der Waals surface area contributed by atoms with Crippen molar-refractivity contribution >= 4 is 35.1 Å². The van der Waals surface area contributed by atoms with Gasteiger partial charge in [-0.1, -0.05) is 28.4 Å². The molecular formula is C15H17Cl2N5O2. The molecule has 2 aromatic rings. The van der Waals surface area contributed by atoms with E-state index in [1.165, 1.54) is 0 Å². The molecule has 7 nitrogen and oxygen atoms in total. The summed E-state index contributed by atoms with van der Waals surface area (Å²) in [6.07, 6.45) is 1.57. The van der Waals surface area contributed by atoms with Gasteiger partial charge in [0, 0.05) is 38.4 Å². The summed E-state index contributed by atoms with van der Waals surface area (Å²) >= 11 is 12.1. The number of carbonyl (C=O) groups excluding carboxylic acids is 1. The van der Waals surface area contributed by atoms with Crippen molar-refractivity contribution in [3.8, 4) is 0 Å². The van der Waals surface area contributed by atoms with Crippen LogP contribution in [0.1, 0.15) is 11.5 Å². The zero-order valence-electron chi connectivity index (χ0n) is 13.1. The fourth-order valence-electron chi connectivity index (χ4n) is 2.54. The number of halogens is 2. The first kappa shape index (κ1) is 16.9. The molecule has 1 saturated heterocycles. The minimum atomic E-state index is -0.126. The van der Waals surface area contributed by atoms with Gasteiger partial charge in [-0.15, -0.1) is 0 Å². The van der Waals surface area contributed by atoms with Crippen molar-refractivity contribution in [2.24, 2.45) is 0 Å². The number of aromatic nitrogens is 2. The number of nitrogens with one attached hydrogen (secondary N) is 1. The van der Waals surface area contributed by atoms with Gasteiger partial charge in [0.15, 0.2) is 5.76 Å². The summed E-state index contributed by atoms with van der Waals surface area (Å²) < 4.78 is 5.07. The summed E-state index contributed by atoms with van der Waals surface area (Å²) in [4.78, 5) is 20.3. The van der Waals surface area contributed by atoms with E-state index in [1.54, 1.807) is 23.2 Å². The van der Waals surface area contributed by atoms with Crippen molar-refractivity contribution < 1.29 is 9.32 Å². The lowest BCUT2D eigenvalue weighted by Crippen LogP contribution is -2.52. The molecule has 9 heteroatoms. The number of hydrogen-bond acceptors (Lipinski definition) is 5. The summed E-state index contributed by atoms with van der Waals surface area (Å²) in [7, 11) is 0. The van der Waals surface area contributed by atoms with Crippen LogP contribution >= 0.6 is 23.2 Å². The third-order valence-corrected chi connectivity index (χ3v) is 4.23. The zero-order valence-corrected chi connectivity index (χ0v) is 14.6. The summed E-state index contributed by atoms with van der Waals surface area (Å²) in [5.41, 5.74) is 0.792. The first-order valence-corrected chi connectivity index (χ1v) is 8.29. The number of anilines is 1. The Balaban J connectivity index is 1.51. The molecule has 2 amide bonds. The molecule has 0 unspecified atom stereocenters. The van der Waals surface area contributed by atoms with E-state index in [2.05, 4.69) is 15.5 Å². The summed E-state index contributed by atoms with van der Waals surface area (Å²) in [5.74, 6) is 1.33. The van der Waals surface area contributed by atoms with Crippen LogP contribution in [-0.4, -0.2) is 47.3 Å². The Kier molecular flexibility index (Phi) is 5.11. The Hall–Kier alpha value is -1.99. The maximum Gasteiger partial charge on any atom is 0.317 e. The van der Waals surface area contributed by atoms with Gasteiger partial charge in [-0.2, -0.15) is 0 Å². The molecule has 1 aliphatic rings. The summed E-state index contributed by atoms with van der Waals surface area (Å²) in [5, 5.41) is 7.64. The molecule has 0 atom stereocenters. The number of aryl methyl sites for hydroxylation is 1. The molecule has 0 aliphatic carbocycles. The third-order valence-electron chi connectivity index (χ3n) is 3.75. The van der Waals surface area contributed by atoms with Gasteiger partial charge in [-0.3, -0.25) is 0 Å². The van der Waals surface area contributed by atoms with Gasteiger partial charge < -0.3 is 19.6 Å². The van der Waals surface area contributed by atoms with E-state index in [1.807, 2.05) is 11.8 Å². The van der Waals surface area contributed by atoms with Gasteiger partial charge in [0.25, 0.3) is 0 Å². The number of pyridine rings is 1. The predicted octanol–water partition coefficient (Wildman–Crippen LogP) is 2.72. The van der Waals surface area contributed by atoms with Crippen molar-refractivity contribution in [1.82, 2.24) is 20.4 Å². The lowest BCUT2D eigenvalue weighted by Gasteiger charge is -2.35. The molecule has 128 valence electrons. The highest BCUT2D eigenvalue weighted by Gasteiger charge is 2.23. The molecule has 1 aliphatic heterocycles. The number of hydrogen-bond donors (Lipinski definition) is 1. The Morgan fingerprint density at radius 3 is 2.67 bits per heavy atom. The Bertz CT molecular complexity index is 728. The van der Waals surface area contributed by atoms with Crippen molar-refractivity contribution in [1.29, 1.82) is 0 Å². The highest BCUT2D eigenvalue weighted by atomic mass is 35.5. The van der Waals surface area contributed by atoms with E-state index in [9.17, 15) is 4.79 Å². The van der Waals surface area contributed by atoms with Gasteiger partial charge in [-0.25, -0.2) is 9.78 Å². The predicted molar refractivity (Wildman–Crippen MR) is 91.5 cm³/mol. The van der Waals surface area contributed by atoms with Gasteiger partial charge in [0.05, 0.1) is 22.3 Å². The Labute approximate surface area is 149 Å². The van der Waals surface area contributed by atoms with E-state index in [-0.39, 0.29) is 6.03 Å². The maximum absolute atomic E-state index is 12.2. The van der Waals surface area contributed by atoms with Crippen LogP contribution < -0.4 is 10.2 Å². The average molecular weight is 370 g/mol. The highest BCUT2D eigenvalue weighted by Crippen LogP contribution is 2.26. The number of urea groups is 1. The van der Waals surface area contributed by atoms with Gasteiger partial charge >= 0.3 is 6.03 Å². The van der Waals surface area contributed by atoms with Crippen LogP contribution in [0.4, 0.5) is 10.6 Å². The molecule has 0 bridgehead atoms. The SMILES string of the molecule is Cc1cc(CNC(=O)N2CCN(c3ncc(Cl)cc3Cl)CC2)on1. The van der Waals surface area contributed by atoms with Crippen LogP contribution in [0.15, 0.2) is 22.9 Å². The first-order chi connectivity index (χ1) is 11.5. The average Bonchev–Trinajstić information content (AvgIpc) is 2.98. The molecule has 0 spiro atoms. The summed E-state index contributed by atoms with van der Waals surface area (Å²) in [6, 6.07) is 3.34. The van der Waals surface area contributed by atoms with Gasteiger partial charge in [0.2, 0.25) is 0 Å². The van der Waals surface area contributed by atoms with Crippen LogP contribution in [0.25, 0.3) is 0 Å². The molecule has 0 radical (unpaired) electrons. The zero-order chi connectivity index (χ0) is 17.1. The normalized spacial score (nSPS) is 14.8. The second-order valence-electron chi connectivity index (χ2n) is 5.53. The first-order valence-electron chi connectivity index (χ1n) is 7.54. The van der Waals surface area contributed by atoms with E-state index >= 15 is 0 Å². The van der Waals surface area contributed by atoms with E-state index in [4.69, 9.17) is 27.7 Å². The van der Waals surface area contributed by atoms with Crippen molar-refractivity contribution in [3.05, 3.63) is 39.8 Å². The number of piperazine rings is 1. The monoisotopic (exact) mass is 369 g/mol.